The van der Waals surface area contributed by atoms with Gasteiger partial charge < -0.3 is 0 Å². The Labute approximate surface area is 48.2 Å². The summed E-state index contributed by atoms with van der Waals surface area (Å²) in [7, 11) is 0. The maximum Gasteiger partial charge on any atom is 0.277 e. The molecular formula is C6H7NO. The van der Waals surface area contributed by atoms with Crippen LogP contribution in [0.25, 0.3) is 0 Å². The van der Waals surface area contributed by atoms with Crippen LogP contribution < -0.4 is 0 Å². The van der Waals surface area contributed by atoms with Gasteiger partial charge in [0.05, 0.1) is 0 Å². The number of aliphatic imine (C=N–C) groups is 1. The van der Waals surface area contributed by atoms with Crippen molar-refractivity contribution in [1.82, 2.24) is 0 Å². The van der Waals surface area contributed by atoms with Crippen molar-refractivity contribution in [2.75, 3.05) is 0 Å². The Morgan fingerprint density at radius 3 is 2.88 bits per heavy atom. The van der Waals surface area contributed by atoms with Crippen LogP contribution in [0.15, 0.2) is 23.7 Å². The summed E-state index contributed by atoms with van der Waals surface area (Å²) in [5.74, 6) is 2.02. The van der Waals surface area contributed by atoms with Gasteiger partial charge in [-0.15, -0.1) is 0 Å². The number of allylic oxidation sites excluding steroid dienone is 1. The highest BCUT2D eigenvalue weighted by molar-refractivity contribution is 5.92. The van der Waals surface area contributed by atoms with Crippen LogP contribution in [0, 0.1) is 0 Å². The molecule has 0 spiro atoms. The van der Waals surface area contributed by atoms with Crippen molar-refractivity contribution in [3.05, 3.63) is 18.7 Å². The van der Waals surface area contributed by atoms with E-state index in [0.717, 1.165) is 6.08 Å². The van der Waals surface area contributed by atoms with Crippen LogP contribution in [-0.2, 0) is 4.79 Å². The molecule has 0 aromatic carbocycles. The van der Waals surface area contributed by atoms with E-state index in [2.05, 4.69) is 17.4 Å². The van der Waals surface area contributed by atoms with E-state index in [1.165, 1.54) is 0 Å². The van der Waals surface area contributed by atoms with E-state index in [1.54, 1.807) is 13.0 Å². The minimum Gasteiger partial charge on any atom is -0.267 e. The predicted octanol–water partition coefficient (Wildman–Crippen LogP) is 0.945. The van der Waals surface area contributed by atoms with Gasteiger partial charge in [0, 0.05) is 0 Å². The van der Waals surface area contributed by atoms with E-state index in [4.69, 9.17) is 0 Å². The van der Waals surface area contributed by atoms with Crippen LogP contribution in [0.3, 0.4) is 0 Å². The van der Waals surface area contributed by atoms with Gasteiger partial charge in [0.2, 0.25) is 0 Å². The maximum absolute atomic E-state index is 10.2. The van der Waals surface area contributed by atoms with Crippen molar-refractivity contribution in [2.24, 2.45) is 4.99 Å². The van der Waals surface area contributed by atoms with Gasteiger partial charge in [0.1, 0.15) is 0 Å². The normalized spacial score (nSPS) is 6.62. The van der Waals surface area contributed by atoms with Gasteiger partial charge in [-0.05, 0) is 24.9 Å². The lowest BCUT2D eigenvalue weighted by atomic mass is 10.6. The van der Waals surface area contributed by atoms with Gasteiger partial charge in [-0.3, -0.25) is 4.79 Å². The second-order valence-electron chi connectivity index (χ2n) is 1.07. The Morgan fingerprint density at radius 1 is 1.88 bits per heavy atom. The Balaban J connectivity index is 3.89. The SMILES string of the molecule is C=CC(=O)N=C=CC. The van der Waals surface area contributed by atoms with Crippen molar-refractivity contribution in [3.8, 4) is 0 Å². The molecule has 0 N–H and O–H groups in total. The predicted molar refractivity (Wildman–Crippen MR) is 32.9 cm³/mol. The van der Waals surface area contributed by atoms with Crippen LogP contribution >= 0.6 is 0 Å². The van der Waals surface area contributed by atoms with Crippen molar-refractivity contribution >= 4 is 11.8 Å². The van der Waals surface area contributed by atoms with Gasteiger partial charge in [0.25, 0.3) is 5.91 Å². The first-order valence-corrected chi connectivity index (χ1v) is 2.21. The molecule has 42 valence electrons. The fraction of sp³-hybridized carbons (Fsp3) is 0.167. The number of carbonyl (C=O) groups excluding carboxylic acids is 1. The van der Waals surface area contributed by atoms with E-state index in [-0.39, 0.29) is 5.91 Å². The van der Waals surface area contributed by atoms with E-state index in [1.807, 2.05) is 0 Å². The minimum atomic E-state index is -0.358. The molecule has 0 unspecified atom stereocenters. The first-order valence-electron chi connectivity index (χ1n) is 2.21. The third-order valence-corrected chi connectivity index (χ3v) is 0.478. The van der Waals surface area contributed by atoms with Crippen molar-refractivity contribution in [2.45, 2.75) is 6.92 Å². The van der Waals surface area contributed by atoms with Gasteiger partial charge >= 0.3 is 0 Å². The van der Waals surface area contributed by atoms with Crippen LogP contribution in [0.5, 0.6) is 0 Å². The zero-order chi connectivity index (χ0) is 6.41. The molecule has 0 aromatic rings. The molecule has 0 saturated carbocycles. The highest BCUT2D eigenvalue weighted by Gasteiger charge is 1.80. The smallest absolute Gasteiger partial charge is 0.267 e. The minimum absolute atomic E-state index is 0.358. The zero-order valence-corrected chi connectivity index (χ0v) is 4.72. The molecule has 8 heavy (non-hydrogen) atoms. The fourth-order valence-electron chi connectivity index (χ4n) is 0.174. The molecule has 0 heterocycles. The molecule has 0 aliphatic heterocycles. The lowest BCUT2D eigenvalue weighted by molar-refractivity contribution is -0.113. The molecule has 0 radical (unpaired) electrons. The average molecular weight is 109 g/mol. The number of amides is 1. The van der Waals surface area contributed by atoms with Crippen LogP contribution in [0.4, 0.5) is 0 Å². The summed E-state index contributed by atoms with van der Waals surface area (Å²) in [6, 6.07) is 0. The zero-order valence-electron chi connectivity index (χ0n) is 4.72. The van der Waals surface area contributed by atoms with Crippen molar-refractivity contribution < 1.29 is 4.79 Å². The van der Waals surface area contributed by atoms with Gasteiger partial charge in [0.15, 0.2) is 0 Å². The van der Waals surface area contributed by atoms with Crippen LogP contribution in [0.1, 0.15) is 6.92 Å². The third kappa shape index (κ3) is 3.07. The maximum atomic E-state index is 10.2. The number of rotatable bonds is 1. The second kappa shape index (κ2) is 4.03. The third-order valence-electron chi connectivity index (χ3n) is 0.478. The first-order chi connectivity index (χ1) is 3.81. The van der Waals surface area contributed by atoms with E-state index in [0.29, 0.717) is 0 Å². The topological polar surface area (TPSA) is 29.4 Å². The molecule has 2 nitrogen and oxygen atoms in total. The van der Waals surface area contributed by atoms with E-state index in [9.17, 15) is 4.79 Å². The number of hydrogen-bond acceptors (Lipinski definition) is 1. The Hall–Kier alpha value is -1.14. The largest absolute Gasteiger partial charge is 0.277 e. The van der Waals surface area contributed by atoms with Crippen molar-refractivity contribution in [3.63, 3.8) is 0 Å². The molecule has 0 saturated heterocycles. The molecule has 0 fully saturated rings. The molecule has 0 aliphatic rings. The summed E-state index contributed by atoms with van der Waals surface area (Å²) in [5, 5.41) is 0. The second-order valence-corrected chi connectivity index (χ2v) is 1.07. The van der Waals surface area contributed by atoms with Gasteiger partial charge in [-0.25, -0.2) is 0 Å². The number of carbonyl (C=O) groups is 1. The first kappa shape index (κ1) is 6.86. The van der Waals surface area contributed by atoms with E-state index < -0.39 is 0 Å². The molecule has 1 amide bonds. The Bertz CT molecular complexity index is 152. The molecule has 0 rings (SSSR count). The van der Waals surface area contributed by atoms with Gasteiger partial charge in [-0.2, -0.15) is 4.99 Å². The quantitative estimate of drug-likeness (QED) is 0.364. The standard InChI is InChI=1S/C6H7NO/c1-3-5-7-6(8)4-2/h3-4H,2H2,1H3. The van der Waals surface area contributed by atoms with Crippen LogP contribution in [0.2, 0.25) is 0 Å². The summed E-state index contributed by atoms with van der Waals surface area (Å²) >= 11 is 0. The lowest BCUT2D eigenvalue weighted by Gasteiger charge is -1.69. The molecule has 0 bridgehead atoms. The Morgan fingerprint density at radius 2 is 2.50 bits per heavy atom. The van der Waals surface area contributed by atoms with Gasteiger partial charge in [-0.1, -0.05) is 6.58 Å². The highest BCUT2D eigenvalue weighted by Crippen LogP contribution is 1.69. The molecular weight excluding hydrogens is 102 g/mol. The lowest BCUT2D eigenvalue weighted by Crippen LogP contribution is -1.80. The molecule has 0 atom stereocenters. The Kier molecular flexibility index (Phi) is 3.46. The molecule has 0 aliphatic carbocycles. The highest BCUT2D eigenvalue weighted by atomic mass is 16.1. The molecule has 2 heteroatoms. The van der Waals surface area contributed by atoms with Crippen LogP contribution in [-0.4, -0.2) is 11.8 Å². The number of nitrogens with zero attached hydrogens (tertiary/aromatic N) is 1. The summed E-state index contributed by atoms with van der Waals surface area (Å²) in [5.41, 5.74) is 0. The average Bonchev–Trinajstić information content (AvgIpc) is 1.83. The summed E-state index contributed by atoms with van der Waals surface area (Å²) < 4.78 is 0. The summed E-state index contributed by atoms with van der Waals surface area (Å²) in [6.45, 7) is 4.95. The van der Waals surface area contributed by atoms with E-state index >= 15 is 0 Å². The summed E-state index contributed by atoms with van der Waals surface area (Å²) in [6.07, 6.45) is 2.69. The van der Waals surface area contributed by atoms with Crippen molar-refractivity contribution in [1.29, 1.82) is 0 Å². The number of hydrogen-bond donors (Lipinski definition) is 0. The molecule has 0 aromatic heterocycles. The fourth-order valence-corrected chi connectivity index (χ4v) is 0.174. The monoisotopic (exact) mass is 109 g/mol. The summed E-state index contributed by atoms with van der Waals surface area (Å²) in [4.78, 5) is 13.5.